The average Bonchev–Trinajstić information content (AvgIpc) is 2.05. The van der Waals surface area contributed by atoms with E-state index in [0.29, 0.717) is 0 Å². The number of hydrogen-bond acceptors (Lipinski definition) is 0. The lowest BCUT2D eigenvalue weighted by molar-refractivity contribution is -0.787. The number of nitrogens with two attached hydrogens (primary N) is 4. The van der Waals surface area contributed by atoms with E-state index in [0.717, 1.165) is 0 Å². The monoisotopic (exact) mass is 316 g/mol. The van der Waals surface area contributed by atoms with Gasteiger partial charge in [-0.25, -0.2) is 0 Å². The molecule has 0 aromatic carbocycles. The predicted molar refractivity (Wildman–Crippen MR) is 46.6 cm³/mol. The van der Waals surface area contributed by atoms with Crippen LogP contribution in [0.4, 0.5) is 0 Å². The quantitative estimate of drug-likeness (QED) is 0.343. The van der Waals surface area contributed by atoms with Gasteiger partial charge < -0.3 is 70.9 Å². The standard InChI is InChI=1S/C8H20N4.4ClH/c1-2-10-5-6-12-8-7-11-4-3-9-1;;;;/h9-12H,1-8H2;4*1H. The van der Waals surface area contributed by atoms with Crippen LogP contribution >= 0.6 is 0 Å². The van der Waals surface area contributed by atoms with Gasteiger partial charge in [0.25, 0.3) is 0 Å². The maximum atomic E-state index is 2.43. The first-order chi connectivity index (χ1) is 6.00. The van der Waals surface area contributed by atoms with E-state index < -0.39 is 0 Å². The maximum absolute atomic E-state index is 2.43. The minimum atomic E-state index is 0. The topological polar surface area (TPSA) is 66.4 Å². The van der Waals surface area contributed by atoms with Crippen molar-refractivity contribution in [3.63, 3.8) is 0 Å². The van der Waals surface area contributed by atoms with E-state index in [1.54, 1.807) is 0 Å². The van der Waals surface area contributed by atoms with Gasteiger partial charge in [-0.1, -0.05) is 0 Å². The zero-order valence-corrected chi connectivity index (χ0v) is 12.5. The van der Waals surface area contributed by atoms with E-state index >= 15 is 0 Å². The lowest BCUT2D eigenvalue weighted by Gasteiger charge is -2.04. The Balaban J connectivity index is -0.000000180. The van der Waals surface area contributed by atoms with Crippen LogP contribution in [0.15, 0.2) is 0 Å². The molecule has 1 fully saturated rings. The number of rotatable bonds is 0. The third kappa shape index (κ3) is 17.4. The van der Waals surface area contributed by atoms with Gasteiger partial charge in [-0.15, -0.1) is 0 Å². The Hall–Kier alpha value is 1.00. The van der Waals surface area contributed by atoms with E-state index in [4.69, 9.17) is 0 Å². The minimum Gasteiger partial charge on any atom is -1.00 e. The summed E-state index contributed by atoms with van der Waals surface area (Å²) in [7, 11) is 0. The van der Waals surface area contributed by atoms with Gasteiger partial charge in [0.05, 0.1) is 0 Å². The van der Waals surface area contributed by atoms with E-state index in [2.05, 4.69) is 21.3 Å². The Kier molecular flexibility index (Phi) is 34.3. The summed E-state index contributed by atoms with van der Waals surface area (Å²) in [5, 5.41) is 9.72. The van der Waals surface area contributed by atoms with Crippen molar-refractivity contribution in [2.75, 3.05) is 52.4 Å². The summed E-state index contributed by atoms with van der Waals surface area (Å²) >= 11 is 0. The van der Waals surface area contributed by atoms with Crippen molar-refractivity contribution < 1.29 is 70.9 Å². The van der Waals surface area contributed by atoms with Crippen molar-refractivity contribution >= 4 is 0 Å². The number of halogens is 4. The molecular weight excluding hydrogens is 294 g/mol. The zero-order chi connectivity index (χ0) is 8.49. The second-order valence-electron chi connectivity index (χ2n) is 3.46. The normalized spacial score (nSPS) is 18.0. The third-order valence-corrected chi connectivity index (χ3v) is 2.30. The molecule has 16 heavy (non-hydrogen) atoms. The molecule has 0 bridgehead atoms. The first-order valence-corrected chi connectivity index (χ1v) is 5.27. The highest BCUT2D eigenvalue weighted by atomic mass is 35.5. The van der Waals surface area contributed by atoms with Gasteiger partial charge in [-0.05, 0) is 0 Å². The SMILES string of the molecule is C1C[NH2+]CC[NH2+]CC[NH2+]CC[NH2+]1.[Cl-].[Cl-].[Cl-].[Cl-]. The summed E-state index contributed by atoms with van der Waals surface area (Å²) in [6, 6.07) is 0. The van der Waals surface area contributed by atoms with Crippen molar-refractivity contribution in [1.82, 2.24) is 0 Å². The van der Waals surface area contributed by atoms with Gasteiger partial charge in [0.15, 0.2) is 0 Å². The summed E-state index contributed by atoms with van der Waals surface area (Å²) < 4.78 is 0. The molecule has 0 spiro atoms. The molecule has 1 aliphatic rings. The molecule has 1 rings (SSSR count). The van der Waals surface area contributed by atoms with Gasteiger partial charge in [-0.2, -0.15) is 0 Å². The summed E-state index contributed by atoms with van der Waals surface area (Å²) in [4.78, 5) is 0. The Morgan fingerprint density at radius 1 is 0.312 bits per heavy atom. The van der Waals surface area contributed by atoms with Gasteiger partial charge in [0, 0.05) is 0 Å². The van der Waals surface area contributed by atoms with Crippen LogP contribution in [0, 0.1) is 0 Å². The smallest absolute Gasteiger partial charge is 0.125 e. The van der Waals surface area contributed by atoms with Crippen LogP contribution in [0.2, 0.25) is 0 Å². The molecule has 0 saturated carbocycles. The molecule has 0 aromatic heterocycles. The van der Waals surface area contributed by atoms with E-state index in [9.17, 15) is 0 Å². The van der Waals surface area contributed by atoms with Crippen molar-refractivity contribution in [1.29, 1.82) is 0 Å². The molecule has 0 amide bonds. The number of quaternary nitrogens is 4. The molecule has 104 valence electrons. The van der Waals surface area contributed by atoms with Crippen LogP contribution in [0.1, 0.15) is 0 Å². The molecule has 4 nitrogen and oxygen atoms in total. The van der Waals surface area contributed by atoms with E-state index in [1.165, 1.54) is 52.4 Å². The average molecular weight is 318 g/mol. The van der Waals surface area contributed by atoms with Crippen molar-refractivity contribution in [3.8, 4) is 0 Å². The molecule has 1 saturated heterocycles. The van der Waals surface area contributed by atoms with Crippen molar-refractivity contribution in [2.24, 2.45) is 0 Å². The molecule has 1 heterocycles. The maximum Gasteiger partial charge on any atom is 0.125 e. The first kappa shape index (κ1) is 25.8. The highest BCUT2D eigenvalue weighted by Gasteiger charge is 2.00. The highest BCUT2D eigenvalue weighted by Crippen LogP contribution is 1.40. The van der Waals surface area contributed by atoms with Crippen molar-refractivity contribution in [3.05, 3.63) is 0 Å². The number of hydrogen-bond donors (Lipinski definition) is 4. The fourth-order valence-corrected chi connectivity index (χ4v) is 1.52. The lowest BCUT2D eigenvalue weighted by Crippen LogP contribution is -3.04. The van der Waals surface area contributed by atoms with Crippen molar-refractivity contribution in [2.45, 2.75) is 0 Å². The van der Waals surface area contributed by atoms with Gasteiger partial charge >= 0.3 is 0 Å². The molecule has 8 heteroatoms. The van der Waals surface area contributed by atoms with Crippen LogP contribution in [-0.4, -0.2) is 52.4 Å². The summed E-state index contributed by atoms with van der Waals surface area (Å²) in [5.41, 5.74) is 0. The fourth-order valence-electron chi connectivity index (χ4n) is 1.52. The van der Waals surface area contributed by atoms with Gasteiger partial charge in [0.1, 0.15) is 52.4 Å². The lowest BCUT2D eigenvalue weighted by atomic mass is 10.4. The molecular formula is C8H24Cl4N4. The highest BCUT2D eigenvalue weighted by molar-refractivity contribution is 4.23. The molecule has 1 aliphatic heterocycles. The largest absolute Gasteiger partial charge is 1.00 e. The molecule has 0 aromatic rings. The second-order valence-corrected chi connectivity index (χ2v) is 3.46. The third-order valence-electron chi connectivity index (χ3n) is 2.30. The Morgan fingerprint density at radius 2 is 0.438 bits per heavy atom. The fraction of sp³-hybridized carbons (Fsp3) is 1.00. The second kappa shape index (κ2) is 21.3. The Labute approximate surface area is 123 Å². The molecule has 0 atom stereocenters. The van der Waals surface area contributed by atoms with Crippen LogP contribution < -0.4 is 70.9 Å². The molecule has 8 N–H and O–H groups in total. The zero-order valence-electron chi connectivity index (χ0n) is 9.48. The van der Waals surface area contributed by atoms with Crippen LogP contribution in [0.5, 0.6) is 0 Å². The first-order valence-electron chi connectivity index (χ1n) is 5.27. The van der Waals surface area contributed by atoms with Gasteiger partial charge in [0.2, 0.25) is 0 Å². The summed E-state index contributed by atoms with van der Waals surface area (Å²) in [5.74, 6) is 0. The van der Waals surface area contributed by atoms with E-state index in [-0.39, 0.29) is 49.6 Å². The Morgan fingerprint density at radius 3 is 0.562 bits per heavy atom. The van der Waals surface area contributed by atoms with Gasteiger partial charge in [-0.3, -0.25) is 0 Å². The predicted octanol–water partition coefficient (Wildman–Crippen LogP) is -17.7. The van der Waals surface area contributed by atoms with E-state index in [1.807, 2.05) is 0 Å². The molecule has 0 radical (unpaired) electrons. The van der Waals surface area contributed by atoms with Crippen LogP contribution in [0.3, 0.4) is 0 Å². The summed E-state index contributed by atoms with van der Waals surface area (Å²) in [6.07, 6.45) is 0. The molecule has 0 aliphatic carbocycles. The Bertz CT molecular complexity index is 67.0. The van der Waals surface area contributed by atoms with Crippen LogP contribution in [0.25, 0.3) is 0 Å². The summed E-state index contributed by atoms with van der Waals surface area (Å²) in [6.45, 7) is 10.3. The minimum absolute atomic E-state index is 0. The molecule has 0 unspecified atom stereocenters. The van der Waals surface area contributed by atoms with Crippen LogP contribution in [-0.2, 0) is 0 Å².